The monoisotopic (exact) mass is 632 g/mol. The molecule has 1 amide bonds. The number of imidazole rings is 1. The lowest BCUT2D eigenvalue weighted by atomic mass is 9.98. The molecule has 0 radical (unpaired) electrons. The maximum absolute atomic E-state index is 13.2. The van der Waals surface area contributed by atoms with Gasteiger partial charge in [-0.05, 0) is 55.0 Å². The van der Waals surface area contributed by atoms with Crippen LogP contribution in [-0.2, 0) is 16.2 Å². The van der Waals surface area contributed by atoms with Gasteiger partial charge in [0.15, 0.2) is 0 Å². The first-order valence-corrected chi connectivity index (χ1v) is 15.6. The summed E-state index contributed by atoms with van der Waals surface area (Å²) in [7, 11) is -0.790. The Hall–Kier alpha value is -5.10. The Bertz CT molecular complexity index is 2200. The lowest BCUT2D eigenvalue weighted by molar-refractivity contribution is -0.137. The van der Waals surface area contributed by atoms with Gasteiger partial charge >= 0.3 is 6.18 Å². The van der Waals surface area contributed by atoms with Gasteiger partial charge in [-0.15, -0.1) is 0 Å². The van der Waals surface area contributed by atoms with E-state index in [1.165, 1.54) is 32.6 Å². The molecular weight excluding hydrogens is 605 g/mol. The highest BCUT2D eigenvalue weighted by Gasteiger charge is 2.30. The van der Waals surface area contributed by atoms with E-state index in [-0.39, 0.29) is 5.91 Å². The van der Waals surface area contributed by atoms with Crippen molar-refractivity contribution in [3.8, 4) is 28.1 Å². The summed E-state index contributed by atoms with van der Waals surface area (Å²) in [6.45, 7) is 1.95. The van der Waals surface area contributed by atoms with Crippen molar-refractivity contribution in [1.82, 2.24) is 14.9 Å². The van der Waals surface area contributed by atoms with Crippen LogP contribution in [0.25, 0.3) is 50.1 Å². The number of sulfonamides is 1. The molecule has 1 N–H and O–H groups in total. The molecule has 0 bridgehead atoms. The molecule has 230 valence electrons. The zero-order chi connectivity index (χ0) is 32.3. The highest BCUT2D eigenvalue weighted by molar-refractivity contribution is 7.92. The molecule has 45 heavy (non-hydrogen) atoms. The summed E-state index contributed by atoms with van der Waals surface area (Å²) in [6.07, 6.45) is -1.87. The molecule has 0 saturated carbocycles. The maximum atomic E-state index is 13.2. The van der Waals surface area contributed by atoms with Crippen LogP contribution < -0.4 is 9.62 Å². The van der Waals surface area contributed by atoms with E-state index in [4.69, 9.17) is 4.42 Å². The SMILES string of the molecule is CNC(=O)c1c(-c2ccc(C)cc2)oc2cc(N(C)S(C)(=O)=O)c(-c3ccc4ncn(-c5ccc(C(F)(F)F)cc5)c4c3)cc12. The van der Waals surface area contributed by atoms with Crippen LogP contribution in [0.3, 0.4) is 0 Å². The van der Waals surface area contributed by atoms with Gasteiger partial charge in [0, 0.05) is 42.4 Å². The van der Waals surface area contributed by atoms with Crippen LogP contribution in [0.2, 0.25) is 0 Å². The number of fused-ring (bicyclic) bond motifs is 2. The van der Waals surface area contributed by atoms with Crippen LogP contribution >= 0.6 is 0 Å². The molecule has 6 rings (SSSR count). The summed E-state index contributed by atoms with van der Waals surface area (Å²) in [6, 6.07) is 20.8. The number of aromatic nitrogens is 2. The third kappa shape index (κ3) is 5.42. The fraction of sp³-hybridized carbons (Fsp3) is 0.152. The minimum atomic E-state index is -4.47. The first-order valence-electron chi connectivity index (χ1n) is 13.7. The van der Waals surface area contributed by atoms with Crippen LogP contribution in [0, 0.1) is 6.92 Å². The van der Waals surface area contributed by atoms with Gasteiger partial charge in [0.05, 0.1) is 34.1 Å². The second kappa shape index (κ2) is 10.8. The zero-order valence-electron chi connectivity index (χ0n) is 24.6. The third-order valence-corrected chi connectivity index (χ3v) is 8.93. The van der Waals surface area contributed by atoms with Gasteiger partial charge in [-0.1, -0.05) is 35.9 Å². The number of hydrogen-bond acceptors (Lipinski definition) is 5. The van der Waals surface area contributed by atoms with E-state index in [2.05, 4.69) is 10.3 Å². The van der Waals surface area contributed by atoms with Crippen molar-refractivity contribution < 1.29 is 30.8 Å². The van der Waals surface area contributed by atoms with Crippen molar-refractivity contribution in [2.24, 2.45) is 0 Å². The van der Waals surface area contributed by atoms with Gasteiger partial charge in [-0.2, -0.15) is 13.2 Å². The van der Waals surface area contributed by atoms with Gasteiger partial charge in [0.25, 0.3) is 5.91 Å². The largest absolute Gasteiger partial charge is 0.455 e. The fourth-order valence-corrected chi connectivity index (χ4v) is 5.76. The Morgan fingerprint density at radius 1 is 0.956 bits per heavy atom. The van der Waals surface area contributed by atoms with Gasteiger partial charge < -0.3 is 9.73 Å². The molecular formula is C33H27F3N4O4S. The second-order valence-electron chi connectivity index (χ2n) is 10.7. The molecule has 0 fully saturated rings. The molecule has 0 atom stereocenters. The fourth-order valence-electron chi connectivity index (χ4n) is 5.25. The Morgan fingerprint density at radius 3 is 2.24 bits per heavy atom. The number of aryl methyl sites for hydroxylation is 1. The number of halogens is 3. The number of carbonyl (C=O) groups is 1. The van der Waals surface area contributed by atoms with Crippen molar-refractivity contribution in [2.45, 2.75) is 13.1 Å². The number of benzene rings is 4. The highest BCUT2D eigenvalue weighted by atomic mass is 32.2. The number of carbonyl (C=O) groups excluding carboxylic acids is 1. The van der Waals surface area contributed by atoms with Gasteiger partial charge in [-0.3, -0.25) is 13.7 Å². The van der Waals surface area contributed by atoms with E-state index in [1.54, 1.807) is 34.9 Å². The van der Waals surface area contributed by atoms with Crippen molar-refractivity contribution in [3.63, 3.8) is 0 Å². The molecule has 2 aromatic heterocycles. The molecule has 0 saturated heterocycles. The molecule has 0 aliphatic heterocycles. The number of nitrogens with one attached hydrogen (secondary N) is 1. The van der Waals surface area contributed by atoms with E-state index >= 15 is 0 Å². The summed E-state index contributed by atoms with van der Waals surface area (Å²) < 4.78 is 74.1. The smallest absolute Gasteiger partial charge is 0.416 e. The minimum absolute atomic E-state index is 0.294. The number of alkyl halides is 3. The number of rotatable bonds is 6. The number of hydrogen-bond donors (Lipinski definition) is 1. The van der Waals surface area contributed by atoms with Crippen molar-refractivity contribution in [2.75, 3.05) is 24.7 Å². The van der Waals surface area contributed by atoms with Crippen LogP contribution in [-0.4, -0.2) is 44.2 Å². The van der Waals surface area contributed by atoms with Crippen molar-refractivity contribution in [3.05, 3.63) is 102 Å². The molecule has 0 spiro atoms. The maximum Gasteiger partial charge on any atom is 0.416 e. The minimum Gasteiger partial charge on any atom is -0.455 e. The predicted octanol–water partition coefficient (Wildman–Crippen LogP) is 7.19. The molecule has 8 nitrogen and oxygen atoms in total. The number of furan rings is 1. The predicted molar refractivity (Wildman–Crippen MR) is 168 cm³/mol. The lowest BCUT2D eigenvalue weighted by Gasteiger charge is -2.21. The topological polar surface area (TPSA) is 97.4 Å². The van der Waals surface area contributed by atoms with E-state index in [0.29, 0.717) is 61.4 Å². The quantitative estimate of drug-likeness (QED) is 0.210. The number of amides is 1. The lowest BCUT2D eigenvalue weighted by Crippen LogP contribution is -2.25. The Labute approximate surface area is 256 Å². The summed E-state index contributed by atoms with van der Waals surface area (Å²) in [5, 5.41) is 3.15. The molecule has 2 heterocycles. The molecule has 0 aliphatic carbocycles. The Morgan fingerprint density at radius 2 is 1.62 bits per heavy atom. The average molecular weight is 633 g/mol. The number of nitrogens with zero attached hydrogens (tertiary/aromatic N) is 3. The van der Waals surface area contributed by atoms with E-state index in [0.717, 1.165) is 28.3 Å². The average Bonchev–Trinajstić information content (AvgIpc) is 3.60. The summed E-state index contributed by atoms with van der Waals surface area (Å²) in [4.78, 5) is 17.6. The first kappa shape index (κ1) is 29.9. The van der Waals surface area contributed by atoms with Crippen LogP contribution in [0.1, 0.15) is 21.5 Å². The van der Waals surface area contributed by atoms with Gasteiger partial charge in [0.1, 0.15) is 17.7 Å². The first-order chi connectivity index (χ1) is 21.3. The van der Waals surface area contributed by atoms with E-state index in [9.17, 15) is 26.4 Å². The van der Waals surface area contributed by atoms with Crippen LogP contribution in [0.4, 0.5) is 18.9 Å². The van der Waals surface area contributed by atoms with E-state index < -0.39 is 21.8 Å². The zero-order valence-corrected chi connectivity index (χ0v) is 25.4. The van der Waals surface area contributed by atoms with Crippen molar-refractivity contribution >= 4 is 43.6 Å². The summed E-state index contributed by atoms with van der Waals surface area (Å²) >= 11 is 0. The molecule has 12 heteroatoms. The van der Waals surface area contributed by atoms with Crippen LogP contribution in [0.15, 0.2) is 89.6 Å². The van der Waals surface area contributed by atoms with Gasteiger partial charge in [-0.25, -0.2) is 13.4 Å². The third-order valence-electron chi connectivity index (χ3n) is 7.74. The normalized spacial score (nSPS) is 12.2. The Balaban J connectivity index is 1.59. The summed E-state index contributed by atoms with van der Waals surface area (Å²) in [5.41, 5.74) is 4.55. The van der Waals surface area contributed by atoms with E-state index in [1.807, 2.05) is 31.2 Å². The second-order valence-corrected chi connectivity index (χ2v) is 12.7. The number of anilines is 1. The molecule has 4 aromatic carbocycles. The molecule has 0 unspecified atom stereocenters. The van der Waals surface area contributed by atoms with Crippen molar-refractivity contribution in [1.29, 1.82) is 0 Å². The van der Waals surface area contributed by atoms with Crippen LogP contribution in [0.5, 0.6) is 0 Å². The highest BCUT2D eigenvalue weighted by Crippen LogP contribution is 2.42. The summed E-state index contributed by atoms with van der Waals surface area (Å²) in [5.74, 6) is -0.0411. The molecule has 0 aliphatic rings. The Kier molecular flexibility index (Phi) is 7.19. The molecule has 6 aromatic rings. The standard InChI is InChI=1S/C33H27F3N4O4S/c1-19-5-7-20(8-6-19)31-30(32(41)37-2)25-16-24(27(17-29(25)44-31)39(3)45(4,42)43)21-9-14-26-28(15-21)40(18-38-26)23-12-10-22(11-13-23)33(34,35)36/h5-18H,1-4H3,(H,37,41). The van der Waals surface area contributed by atoms with Gasteiger partial charge in [0.2, 0.25) is 10.0 Å².